The van der Waals surface area contributed by atoms with E-state index in [-0.39, 0.29) is 0 Å². The van der Waals surface area contributed by atoms with Gasteiger partial charge in [-0.05, 0) is 25.1 Å². The Kier molecular flexibility index (Phi) is 3.97. The number of aromatic nitrogens is 4. The molecule has 3 aromatic rings. The van der Waals surface area contributed by atoms with Crippen LogP contribution >= 0.6 is 0 Å². The molecule has 0 radical (unpaired) electrons. The summed E-state index contributed by atoms with van der Waals surface area (Å²) in [6, 6.07) is 11.6. The predicted molar refractivity (Wildman–Crippen MR) is 77.0 cm³/mol. The Morgan fingerprint density at radius 3 is 2.71 bits per heavy atom. The summed E-state index contributed by atoms with van der Waals surface area (Å²) in [6.45, 7) is 3.00. The van der Waals surface area contributed by atoms with Gasteiger partial charge in [-0.15, -0.1) is 10.2 Å². The fourth-order valence-electron chi connectivity index (χ4n) is 1.92. The predicted octanol–water partition coefficient (Wildman–Crippen LogP) is 2.12. The molecule has 0 spiro atoms. The van der Waals surface area contributed by atoms with E-state index in [0.29, 0.717) is 24.9 Å². The first-order valence-corrected chi connectivity index (χ1v) is 6.68. The molecular formula is C15H15N5O. The van der Waals surface area contributed by atoms with Crippen molar-refractivity contribution in [3.05, 3.63) is 60.0 Å². The van der Waals surface area contributed by atoms with E-state index >= 15 is 0 Å². The molecule has 0 bridgehead atoms. The van der Waals surface area contributed by atoms with E-state index in [9.17, 15) is 0 Å². The van der Waals surface area contributed by atoms with Crippen molar-refractivity contribution < 1.29 is 4.42 Å². The Morgan fingerprint density at radius 2 is 1.90 bits per heavy atom. The molecule has 0 fully saturated rings. The highest BCUT2D eigenvalue weighted by molar-refractivity contribution is 5.51. The van der Waals surface area contributed by atoms with Gasteiger partial charge in [-0.3, -0.25) is 0 Å². The fourth-order valence-corrected chi connectivity index (χ4v) is 1.92. The van der Waals surface area contributed by atoms with Crippen LogP contribution in [-0.4, -0.2) is 20.2 Å². The summed E-state index contributed by atoms with van der Waals surface area (Å²) in [5.74, 6) is 1.85. The van der Waals surface area contributed by atoms with Crippen LogP contribution in [0.3, 0.4) is 0 Å². The Balaban J connectivity index is 1.58. The summed E-state index contributed by atoms with van der Waals surface area (Å²) in [5, 5.41) is 11.3. The second-order valence-corrected chi connectivity index (χ2v) is 4.57. The summed E-state index contributed by atoms with van der Waals surface area (Å²) in [5.41, 5.74) is 1.85. The largest absolute Gasteiger partial charge is 0.419 e. The zero-order valence-electron chi connectivity index (χ0n) is 11.7. The van der Waals surface area contributed by atoms with Crippen LogP contribution in [-0.2, 0) is 13.1 Å². The third-order valence-electron chi connectivity index (χ3n) is 2.90. The zero-order chi connectivity index (χ0) is 14.5. The van der Waals surface area contributed by atoms with Crippen LogP contribution in [0.5, 0.6) is 0 Å². The summed E-state index contributed by atoms with van der Waals surface area (Å²) in [7, 11) is 0. The lowest BCUT2D eigenvalue weighted by Crippen LogP contribution is -2.14. The minimum absolute atomic E-state index is 0.503. The lowest BCUT2D eigenvalue weighted by molar-refractivity contribution is 0.476. The van der Waals surface area contributed by atoms with E-state index in [1.165, 1.54) is 0 Å². The zero-order valence-corrected chi connectivity index (χ0v) is 11.7. The van der Waals surface area contributed by atoms with E-state index in [1.54, 1.807) is 6.20 Å². The molecule has 0 aliphatic heterocycles. The van der Waals surface area contributed by atoms with Crippen LogP contribution in [0.4, 0.5) is 0 Å². The highest BCUT2D eigenvalue weighted by atomic mass is 16.4. The average Bonchev–Trinajstić information content (AvgIpc) is 2.97. The van der Waals surface area contributed by atoms with Gasteiger partial charge in [0.2, 0.25) is 11.8 Å². The van der Waals surface area contributed by atoms with Gasteiger partial charge < -0.3 is 9.73 Å². The molecule has 0 unspecified atom stereocenters. The van der Waals surface area contributed by atoms with Crippen LogP contribution < -0.4 is 5.32 Å². The first-order chi connectivity index (χ1) is 10.3. The Labute approximate surface area is 122 Å². The molecule has 0 saturated heterocycles. The van der Waals surface area contributed by atoms with Crippen molar-refractivity contribution in [3.8, 4) is 11.5 Å². The quantitative estimate of drug-likeness (QED) is 0.772. The summed E-state index contributed by atoms with van der Waals surface area (Å²) in [4.78, 5) is 8.38. The van der Waals surface area contributed by atoms with Crippen molar-refractivity contribution in [3.63, 3.8) is 0 Å². The van der Waals surface area contributed by atoms with E-state index < -0.39 is 0 Å². The first kappa shape index (κ1) is 13.4. The van der Waals surface area contributed by atoms with E-state index in [2.05, 4.69) is 25.5 Å². The monoisotopic (exact) mass is 281 g/mol. The van der Waals surface area contributed by atoms with Crippen LogP contribution in [0, 0.1) is 6.92 Å². The van der Waals surface area contributed by atoms with Crippen molar-refractivity contribution in [2.45, 2.75) is 20.0 Å². The third kappa shape index (κ3) is 3.49. The molecule has 106 valence electrons. The minimum atomic E-state index is 0.503. The highest BCUT2D eigenvalue weighted by Crippen LogP contribution is 2.16. The van der Waals surface area contributed by atoms with Crippen LogP contribution in [0.1, 0.15) is 17.4 Å². The number of nitrogens with one attached hydrogen (secondary N) is 1. The molecular weight excluding hydrogens is 266 g/mol. The molecule has 2 aromatic heterocycles. The number of rotatable bonds is 5. The number of aryl methyl sites for hydroxylation is 1. The molecule has 0 atom stereocenters. The normalized spacial score (nSPS) is 10.7. The Bertz CT molecular complexity index is 711. The molecule has 2 heterocycles. The van der Waals surface area contributed by atoms with Gasteiger partial charge in [0.1, 0.15) is 5.82 Å². The molecule has 21 heavy (non-hydrogen) atoms. The van der Waals surface area contributed by atoms with Gasteiger partial charge in [0.15, 0.2) is 0 Å². The van der Waals surface area contributed by atoms with Gasteiger partial charge in [-0.2, -0.15) is 0 Å². The highest BCUT2D eigenvalue weighted by Gasteiger charge is 2.07. The smallest absolute Gasteiger partial charge is 0.247 e. The SMILES string of the molecule is Cc1nccc(CNCc2nnc(-c3ccccc3)o2)n1. The van der Waals surface area contributed by atoms with Crippen LogP contribution in [0.15, 0.2) is 47.0 Å². The Hall–Kier alpha value is -2.60. The topological polar surface area (TPSA) is 76.7 Å². The molecule has 3 rings (SSSR count). The van der Waals surface area contributed by atoms with Gasteiger partial charge in [0.25, 0.3) is 0 Å². The maximum atomic E-state index is 5.61. The number of hydrogen-bond acceptors (Lipinski definition) is 6. The van der Waals surface area contributed by atoms with Crippen molar-refractivity contribution in [1.82, 2.24) is 25.5 Å². The van der Waals surface area contributed by atoms with Crippen molar-refractivity contribution in [2.24, 2.45) is 0 Å². The van der Waals surface area contributed by atoms with Crippen molar-refractivity contribution in [2.75, 3.05) is 0 Å². The minimum Gasteiger partial charge on any atom is -0.419 e. The second kappa shape index (κ2) is 6.23. The maximum absolute atomic E-state index is 5.61. The molecule has 1 aromatic carbocycles. The summed E-state index contributed by atoms with van der Waals surface area (Å²) < 4.78 is 5.61. The second-order valence-electron chi connectivity index (χ2n) is 4.57. The summed E-state index contributed by atoms with van der Waals surface area (Å²) in [6.07, 6.45) is 1.75. The van der Waals surface area contributed by atoms with E-state index in [0.717, 1.165) is 17.1 Å². The summed E-state index contributed by atoms with van der Waals surface area (Å²) >= 11 is 0. The van der Waals surface area contributed by atoms with E-state index in [1.807, 2.05) is 43.3 Å². The average molecular weight is 281 g/mol. The lowest BCUT2D eigenvalue weighted by Gasteiger charge is -2.01. The molecule has 0 amide bonds. The van der Waals surface area contributed by atoms with Gasteiger partial charge in [-0.25, -0.2) is 9.97 Å². The van der Waals surface area contributed by atoms with Gasteiger partial charge in [0, 0.05) is 18.3 Å². The molecule has 0 saturated carbocycles. The Morgan fingerprint density at radius 1 is 1.05 bits per heavy atom. The standard InChI is InChI=1S/C15H15N5O/c1-11-17-8-7-13(18-11)9-16-10-14-19-20-15(21-14)12-5-3-2-4-6-12/h2-8,16H,9-10H2,1H3. The lowest BCUT2D eigenvalue weighted by atomic mass is 10.2. The number of benzene rings is 1. The maximum Gasteiger partial charge on any atom is 0.247 e. The van der Waals surface area contributed by atoms with Gasteiger partial charge in [-0.1, -0.05) is 18.2 Å². The van der Waals surface area contributed by atoms with Gasteiger partial charge in [0.05, 0.1) is 12.2 Å². The van der Waals surface area contributed by atoms with Crippen molar-refractivity contribution in [1.29, 1.82) is 0 Å². The van der Waals surface area contributed by atoms with E-state index in [4.69, 9.17) is 4.42 Å². The van der Waals surface area contributed by atoms with Gasteiger partial charge >= 0.3 is 0 Å². The van der Waals surface area contributed by atoms with Crippen LogP contribution in [0.2, 0.25) is 0 Å². The molecule has 6 heteroatoms. The molecule has 1 N–H and O–H groups in total. The van der Waals surface area contributed by atoms with Crippen molar-refractivity contribution >= 4 is 0 Å². The van der Waals surface area contributed by atoms with Crippen LogP contribution in [0.25, 0.3) is 11.5 Å². The molecule has 0 aliphatic carbocycles. The number of hydrogen-bond donors (Lipinski definition) is 1. The molecule has 6 nitrogen and oxygen atoms in total. The fraction of sp³-hybridized carbons (Fsp3) is 0.200. The molecule has 0 aliphatic rings. The number of nitrogens with zero attached hydrogens (tertiary/aromatic N) is 4. The third-order valence-corrected chi connectivity index (χ3v) is 2.90. The first-order valence-electron chi connectivity index (χ1n) is 6.68.